The lowest BCUT2D eigenvalue weighted by Gasteiger charge is -2.08. The van der Waals surface area contributed by atoms with Crippen molar-refractivity contribution in [3.63, 3.8) is 0 Å². The number of aromatic nitrogens is 6. The van der Waals surface area contributed by atoms with Crippen LogP contribution in [-0.4, -0.2) is 35.9 Å². The molecule has 1 amide bonds. The second kappa shape index (κ2) is 6.97. The highest BCUT2D eigenvalue weighted by Crippen LogP contribution is 2.36. The zero-order valence-corrected chi connectivity index (χ0v) is 15.9. The Bertz CT molecular complexity index is 1170. The van der Waals surface area contributed by atoms with Crippen LogP contribution in [0, 0.1) is 6.92 Å². The minimum absolute atomic E-state index is 0.205. The number of nitrogens with zero attached hydrogens (tertiary/aromatic N) is 6. The number of amides is 1. The number of tetrazole rings is 1. The number of benzene rings is 2. The van der Waals surface area contributed by atoms with Crippen molar-refractivity contribution in [2.75, 3.05) is 5.32 Å². The number of carbonyl (C=O) groups excluding carboxylic acids is 1. The lowest BCUT2D eigenvalue weighted by Crippen LogP contribution is -2.13. The summed E-state index contributed by atoms with van der Waals surface area (Å²) < 4.78 is 3.62. The van der Waals surface area contributed by atoms with Gasteiger partial charge < -0.3 is 5.32 Å². The van der Waals surface area contributed by atoms with Gasteiger partial charge in [0.2, 0.25) is 0 Å². The van der Waals surface area contributed by atoms with Gasteiger partial charge in [-0.25, -0.2) is 9.36 Å². The molecule has 1 saturated carbocycles. The molecule has 5 rings (SSSR count). The average molecular weight is 385 g/mol. The maximum absolute atomic E-state index is 12.9. The maximum Gasteiger partial charge on any atom is 0.259 e. The van der Waals surface area contributed by atoms with E-state index in [2.05, 4.69) is 25.9 Å². The molecule has 2 heterocycles. The zero-order valence-electron chi connectivity index (χ0n) is 15.9. The number of rotatable bonds is 5. The second-order valence-electron chi connectivity index (χ2n) is 7.10. The summed E-state index contributed by atoms with van der Waals surface area (Å²) in [5.74, 6) is 0.514. The van der Waals surface area contributed by atoms with Crippen LogP contribution < -0.4 is 5.32 Å². The van der Waals surface area contributed by atoms with Crippen LogP contribution in [0.15, 0.2) is 60.8 Å². The Morgan fingerprint density at radius 2 is 1.93 bits per heavy atom. The molecule has 0 atom stereocenters. The molecule has 0 radical (unpaired) electrons. The second-order valence-corrected chi connectivity index (χ2v) is 7.10. The molecule has 1 aliphatic rings. The van der Waals surface area contributed by atoms with Gasteiger partial charge in [-0.3, -0.25) is 4.79 Å². The number of anilines is 1. The summed E-state index contributed by atoms with van der Waals surface area (Å²) in [7, 11) is 0. The molecule has 144 valence electrons. The lowest BCUT2D eigenvalue weighted by atomic mass is 10.1. The number of hydrogen-bond donors (Lipinski definition) is 1. The van der Waals surface area contributed by atoms with Crippen LogP contribution in [0.2, 0.25) is 0 Å². The van der Waals surface area contributed by atoms with Gasteiger partial charge in [-0.1, -0.05) is 30.3 Å². The van der Waals surface area contributed by atoms with E-state index >= 15 is 0 Å². The highest BCUT2D eigenvalue weighted by Gasteiger charge is 2.28. The lowest BCUT2D eigenvalue weighted by molar-refractivity contribution is 0.102. The first-order valence-corrected chi connectivity index (χ1v) is 9.50. The van der Waals surface area contributed by atoms with E-state index in [4.69, 9.17) is 0 Å². The van der Waals surface area contributed by atoms with Gasteiger partial charge in [0.05, 0.1) is 29.2 Å². The van der Waals surface area contributed by atoms with Crippen molar-refractivity contribution in [2.24, 2.45) is 0 Å². The fourth-order valence-electron chi connectivity index (χ4n) is 3.35. The summed E-state index contributed by atoms with van der Waals surface area (Å²) in [6, 6.07) is 17.7. The first-order chi connectivity index (χ1) is 14.2. The fourth-order valence-corrected chi connectivity index (χ4v) is 3.35. The Kier molecular flexibility index (Phi) is 4.16. The van der Waals surface area contributed by atoms with Crippen LogP contribution >= 0.6 is 0 Å². The summed E-state index contributed by atoms with van der Waals surface area (Å²) in [5.41, 5.74) is 3.78. The monoisotopic (exact) mass is 385 g/mol. The zero-order chi connectivity index (χ0) is 19.8. The fraction of sp³-hybridized carbons (Fsp3) is 0.190. The van der Waals surface area contributed by atoms with Crippen LogP contribution in [0.5, 0.6) is 0 Å². The van der Waals surface area contributed by atoms with Crippen LogP contribution in [0.1, 0.15) is 34.9 Å². The van der Waals surface area contributed by atoms with Crippen molar-refractivity contribution >= 4 is 11.6 Å². The molecule has 0 unspecified atom stereocenters. The molecule has 2 aromatic heterocycles. The van der Waals surface area contributed by atoms with Gasteiger partial charge in [0.25, 0.3) is 5.91 Å². The van der Waals surface area contributed by atoms with Crippen molar-refractivity contribution in [1.29, 1.82) is 0 Å². The van der Waals surface area contributed by atoms with Crippen LogP contribution in [0.3, 0.4) is 0 Å². The third-order valence-corrected chi connectivity index (χ3v) is 5.02. The van der Waals surface area contributed by atoms with Crippen LogP contribution in [-0.2, 0) is 0 Å². The first kappa shape index (κ1) is 17.3. The maximum atomic E-state index is 12.9. The van der Waals surface area contributed by atoms with Crippen molar-refractivity contribution < 1.29 is 4.79 Å². The number of carbonyl (C=O) groups is 1. The molecule has 1 fully saturated rings. The summed E-state index contributed by atoms with van der Waals surface area (Å²) in [6.45, 7) is 1.88. The van der Waals surface area contributed by atoms with Gasteiger partial charge in [-0.15, -0.1) is 5.10 Å². The highest BCUT2D eigenvalue weighted by molar-refractivity contribution is 6.05. The van der Waals surface area contributed by atoms with Gasteiger partial charge in [0.1, 0.15) is 0 Å². The summed E-state index contributed by atoms with van der Waals surface area (Å²) in [6.07, 6.45) is 3.79. The van der Waals surface area contributed by atoms with Crippen LogP contribution in [0.4, 0.5) is 5.69 Å². The molecule has 8 heteroatoms. The predicted octanol–water partition coefficient (Wildman–Crippen LogP) is 3.42. The smallest absolute Gasteiger partial charge is 0.259 e. The summed E-state index contributed by atoms with van der Waals surface area (Å²) in [5, 5.41) is 19.4. The third kappa shape index (κ3) is 3.29. The highest BCUT2D eigenvalue weighted by atomic mass is 16.1. The predicted molar refractivity (Wildman–Crippen MR) is 108 cm³/mol. The van der Waals surface area contributed by atoms with E-state index in [1.165, 1.54) is 0 Å². The molecule has 1 aliphatic carbocycles. The van der Waals surface area contributed by atoms with E-state index < -0.39 is 0 Å². The van der Waals surface area contributed by atoms with Gasteiger partial charge in [-0.2, -0.15) is 5.10 Å². The number of para-hydroxylation sites is 1. The van der Waals surface area contributed by atoms with E-state index in [1.54, 1.807) is 10.9 Å². The van der Waals surface area contributed by atoms with Gasteiger partial charge >= 0.3 is 0 Å². The normalized spacial score (nSPS) is 13.4. The van der Waals surface area contributed by atoms with Crippen molar-refractivity contribution in [3.05, 3.63) is 72.1 Å². The van der Waals surface area contributed by atoms with Crippen molar-refractivity contribution in [2.45, 2.75) is 25.8 Å². The standard InChI is InChI=1S/C21H19N7O/c1-14-19(13-22-27(14)17-8-3-2-4-9-17)21(29)23-16-7-5-6-15(12-16)20-24-25-26-28(20)18-10-11-18/h2-9,12-13,18H,10-11H2,1H3,(H,23,29). The Morgan fingerprint density at radius 3 is 2.72 bits per heavy atom. The van der Waals surface area contributed by atoms with E-state index in [0.29, 0.717) is 17.3 Å². The molecule has 2 aromatic carbocycles. The quantitative estimate of drug-likeness (QED) is 0.568. The van der Waals surface area contributed by atoms with Gasteiger partial charge in [0.15, 0.2) is 5.82 Å². The molecule has 0 saturated heterocycles. The van der Waals surface area contributed by atoms with Gasteiger partial charge in [-0.05, 0) is 54.5 Å². The van der Waals surface area contributed by atoms with Crippen molar-refractivity contribution in [3.8, 4) is 17.1 Å². The third-order valence-electron chi connectivity index (χ3n) is 5.02. The Morgan fingerprint density at radius 1 is 1.10 bits per heavy atom. The first-order valence-electron chi connectivity index (χ1n) is 9.50. The molecule has 4 aromatic rings. The molecule has 0 spiro atoms. The van der Waals surface area contributed by atoms with E-state index in [0.717, 1.165) is 35.6 Å². The summed E-state index contributed by atoms with van der Waals surface area (Å²) in [4.78, 5) is 12.9. The Balaban J connectivity index is 1.39. The van der Waals surface area contributed by atoms with E-state index in [-0.39, 0.29) is 5.91 Å². The molecule has 0 bridgehead atoms. The molecule has 1 N–H and O–H groups in total. The SMILES string of the molecule is Cc1c(C(=O)Nc2cccc(-c3nnnn3C3CC3)c2)cnn1-c1ccccc1. The Hall–Kier alpha value is -3.81. The molecular weight excluding hydrogens is 366 g/mol. The topological polar surface area (TPSA) is 90.5 Å². The van der Waals surface area contributed by atoms with E-state index in [1.807, 2.05) is 66.2 Å². The van der Waals surface area contributed by atoms with E-state index in [9.17, 15) is 4.79 Å². The van der Waals surface area contributed by atoms with Gasteiger partial charge in [0, 0.05) is 11.3 Å². The average Bonchev–Trinajstić information content (AvgIpc) is 3.33. The summed E-state index contributed by atoms with van der Waals surface area (Å²) >= 11 is 0. The molecule has 29 heavy (non-hydrogen) atoms. The number of hydrogen-bond acceptors (Lipinski definition) is 5. The molecule has 0 aliphatic heterocycles. The minimum Gasteiger partial charge on any atom is -0.322 e. The molecular formula is C21H19N7O. The van der Waals surface area contributed by atoms with Crippen molar-refractivity contribution in [1.82, 2.24) is 30.0 Å². The number of nitrogens with one attached hydrogen (secondary N) is 1. The minimum atomic E-state index is -0.205. The van der Waals surface area contributed by atoms with Crippen LogP contribution in [0.25, 0.3) is 17.1 Å². The largest absolute Gasteiger partial charge is 0.322 e. The Labute approximate surface area is 167 Å². The molecule has 8 nitrogen and oxygen atoms in total.